The first-order valence-corrected chi connectivity index (χ1v) is 26.5. The van der Waals surface area contributed by atoms with E-state index in [0.29, 0.717) is 11.1 Å². The van der Waals surface area contributed by atoms with E-state index >= 15 is 0 Å². The molecule has 8 rings (SSSR count). The number of benzene rings is 6. The normalized spacial score (nSPS) is 13.0. The molecule has 0 N–H and O–H groups in total. The van der Waals surface area contributed by atoms with Crippen LogP contribution >= 0.6 is 22.7 Å². The van der Waals surface area contributed by atoms with Gasteiger partial charge in [-0.3, -0.25) is 0 Å². The molecule has 8 aromatic rings. The molecule has 0 fully saturated rings. The molecule has 0 aliphatic heterocycles. The topological polar surface area (TPSA) is 47.6 Å². The smallest absolute Gasteiger partial charge is 0.194 e. The number of halogens is 25. The van der Waals surface area contributed by atoms with E-state index in [1.54, 1.807) is 0 Å². The molecule has 0 atom stereocenters. The fourth-order valence-corrected chi connectivity index (χ4v) is 14.9. The zero-order valence-electron chi connectivity index (χ0n) is 40.6. The van der Waals surface area contributed by atoms with Crippen molar-refractivity contribution < 1.29 is 127 Å². The van der Waals surface area contributed by atoms with E-state index in [1.807, 2.05) is 71.2 Å². The molecule has 84 heavy (non-hydrogen) atoms. The fourth-order valence-electron chi connectivity index (χ4n) is 8.62. The van der Waals surface area contributed by atoms with Crippen molar-refractivity contribution in [2.24, 2.45) is 0 Å². The number of rotatable bonds is 8. The maximum Gasteiger partial charge on any atom is 0.416 e. The Morgan fingerprint density at radius 3 is 0.667 bits per heavy atom. The second-order valence-electron chi connectivity index (χ2n) is 17.9. The van der Waals surface area contributed by atoms with Gasteiger partial charge in [0.15, 0.2) is 0 Å². The molecular formula is C54H24BF24IN2S2. The van der Waals surface area contributed by atoms with E-state index in [2.05, 4.69) is 36.4 Å². The lowest BCUT2D eigenvalue weighted by Gasteiger charge is -2.46. The Morgan fingerprint density at radius 2 is 0.488 bits per heavy atom. The maximum atomic E-state index is 14.2. The van der Waals surface area contributed by atoms with Gasteiger partial charge in [-0.2, -0.15) is 138 Å². The lowest BCUT2D eigenvalue weighted by Crippen LogP contribution is -3.61. The summed E-state index contributed by atoms with van der Waals surface area (Å²) < 4.78 is 344. The van der Waals surface area contributed by atoms with Crippen molar-refractivity contribution in [2.45, 2.75) is 49.4 Å². The van der Waals surface area contributed by atoms with Gasteiger partial charge in [-0.05, 0) is 71.8 Å². The Bertz CT molecular complexity index is 3260. The highest BCUT2D eigenvalue weighted by molar-refractivity contribution is 7.20. The van der Waals surface area contributed by atoms with Crippen molar-refractivity contribution in [3.63, 3.8) is 0 Å². The minimum Gasteiger partial charge on any atom is -0.194 e. The number of nitrogens with zero attached hydrogens (tertiary/aromatic N) is 2. The summed E-state index contributed by atoms with van der Waals surface area (Å²) in [7, 11) is 0. The fraction of sp³-hybridized carbons (Fsp3) is 0.148. The summed E-state index contributed by atoms with van der Waals surface area (Å²) in [6.45, 7) is 0. The largest absolute Gasteiger partial charge is 0.416 e. The zero-order valence-corrected chi connectivity index (χ0v) is 44.4. The van der Waals surface area contributed by atoms with E-state index < -0.39 is 195 Å². The standard InChI is InChI=1S/C32H12BF24.C22H12IN2S2/c34-25(35,36)13-1-14(26(37,38)39)6-21(5-13)33(22-7-15(27(40,41)42)2-16(8-22)28(43,44)45,23-9-17(29(46,47)48)3-18(10-23)30(49,50)51)24-11-19(31(52,53)54)4-20(12-24)32(55,56)57;24-13-15-1-5-17(6-2-15)19-9-11-21(26-19)23-22-12-10-20(27-22)18-7-3-16(14-25)4-8-18/h1-12H;1-12H/q-1;+1. The van der Waals surface area contributed by atoms with Gasteiger partial charge in [-0.25, -0.2) is 0 Å². The van der Waals surface area contributed by atoms with E-state index in [9.17, 15) is 105 Å². The predicted molar refractivity (Wildman–Crippen MR) is 256 cm³/mol. The summed E-state index contributed by atoms with van der Waals surface area (Å²) in [4.78, 5) is 2.50. The molecule has 0 saturated carbocycles. The molecule has 0 amide bonds. The van der Waals surface area contributed by atoms with Crippen molar-refractivity contribution in [1.82, 2.24) is 0 Å². The Morgan fingerprint density at radius 1 is 0.286 bits per heavy atom. The number of thiophene rings is 2. The van der Waals surface area contributed by atoms with Crippen LogP contribution in [0.2, 0.25) is 0 Å². The number of hydrogen-bond acceptors (Lipinski definition) is 4. The van der Waals surface area contributed by atoms with Gasteiger partial charge >= 0.3 is 70.6 Å². The highest BCUT2D eigenvalue weighted by Crippen LogP contribution is 2.42. The highest BCUT2D eigenvalue weighted by Gasteiger charge is 2.47. The van der Waals surface area contributed by atoms with Crippen LogP contribution in [0, 0.1) is 28.4 Å². The van der Waals surface area contributed by atoms with Crippen molar-refractivity contribution in [2.75, 3.05) is 0 Å². The molecule has 6 aromatic carbocycles. The molecule has 2 heterocycles. The quantitative estimate of drug-likeness (QED) is 0.0865. The van der Waals surface area contributed by atoms with Crippen LogP contribution in [0.5, 0.6) is 0 Å². The molecule has 30 heteroatoms. The first-order valence-electron chi connectivity index (χ1n) is 22.7. The maximum absolute atomic E-state index is 14.2. The van der Waals surface area contributed by atoms with Crippen LogP contribution in [-0.2, 0) is 49.4 Å². The highest BCUT2D eigenvalue weighted by atomic mass is 127. The summed E-state index contributed by atoms with van der Waals surface area (Å²) in [6, 6.07) is 19.9. The van der Waals surface area contributed by atoms with Crippen LogP contribution < -0.4 is 43.1 Å². The molecule has 0 saturated heterocycles. The third-order valence-electron chi connectivity index (χ3n) is 12.4. The molecule has 2 aromatic heterocycles. The van der Waals surface area contributed by atoms with Gasteiger partial charge in [0, 0.05) is 21.9 Å². The van der Waals surface area contributed by atoms with E-state index in [0.717, 1.165) is 0 Å². The van der Waals surface area contributed by atoms with Gasteiger partial charge in [0.1, 0.15) is 6.15 Å². The van der Waals surface area contributed by atoms with Gasteiger partial charge in [-0.15, -0.1) is 0 Å². The SMILES string of the molecule is FC(F)(F)c1cc([B-](c2cc(C(F)(F)F)cc(C(F)(F)F)c2)(c2cc(C(F)(F)F)cc(C(F)(F)F)c2)c2cc(C(F)(F)F)cc(C(F)(F)F)c2)cc(C(F)(F)F)c1.N#Cc1ccc(-c2ccc([I+]c3ccc(-c4ccc(C#N)cc4)s3)s2)cc1. The van der Waals surface area contributed by atoms with Crippen molar-refractivity contribution in [3.8, 4) is 33.0 Å². The lowest BCUT2D eigenvalue weighted by atomic mass is 9.12. The van der Waals surface area contributed by atoms with Crippen LogP contribution in [0.1, 0.15) is 55.6 Å². The second kappa shape index (κ2) is 23.0. The average Bonchev–Trinajstić information content (AvgIpc) is 0.844. The monoisotopic (exact) mass is 1360 g/mol. The number of nitriles is 2. The summed E-state index contributed by atoms with van der Waals surface area (Å²) in [5.74, 6) is 0. The molecule has 0 aliphatic carbocycles. The minimum atomic E-state index is -6.13. The summed E-state index contributed by atoms with van der Waals surface area (Å²) in [6.07, 6.45) is -54.8. The van der Waals surface area contributed by atoms with Crippen molar-refractivity contribution in [1.29, 1.82) is 10.5 Å². The minimum absolute atomic E-state index is 0.200. The Kier molecular flexibility index (Phi) is 17.6. The molecule has 2 nitrogen and oxygen atoms in total. The first kappa shape index (κ1) is 64.4. The van der Waals surface area contributed by atoms with Crippen LogP contribution in [0.15, 0.2) is 146 Å². The molecule has 0 spiro atoms. The Labute approximate surface area is 475 Å². The van der Waals surface area contributed by atoms with E-state index in [-0.39, 0.29) is 21.2 Å². The molecular weight excluding hydrogens is 1330 g/mol. The molecule has 0 radical (unpaired) electrons. The number of alkyl halides is 24. The van der Waals surface area contributed by atoms with Crippen LogP contribution in [0.25, 0.3) is 20.9 Å². The van der Waals surface area contributed by atoms with Gasteiger partial charge in [0.2, 0.25) is 5.77 Å². The molecule has 0 aliphatic rings. The third-order valence-corrected chi connectivity index (χ3v) is 18.4. The third kappa shape index (κ3) is 14.6. The van der Waals surface area contributed by atoms with Crippen molar-refractivity contribution >= 4 is 50.7 Å². The van der Waals surface area contributed by atoms with E-state index in [1.165, 1.54) is 26.6 Å². The van der Waals surface area contributed by atoms with Gasteiger partial charge in [-0.1, -0.05) is 95.5 Å². The molecule has 440 valence electrons. The van der Waals surface area contributed by atoms with Crippen LogP contribution in [0.3, 0.4) is 0 Å². The van der Waals surface area contributed by atoms with Crippen LogP contribution in [-0.4, -0.2) is 6.15 Å². The summed E-state index contributed by atoms with van der Waals surface area (Å²) >= 11 is 3.48. The van der Waals surface area contributed by atoms with Gasteiger partial charge in [0.05, 0.1) is 67.8 Å². The Balaban J connectivity index is 0.000000309. The first-order chi connectivity index (χ1) is 38.5. The van der Waals surface area contributed by atoms with E-state index in [4.69, 9.17) is 10.5 Å². The average molecular weight is 1360 g/mol. The second-order valence-corrected chi connectivity index (χ2v) is 24.4. The van der Waals surface area contributed by atoms with Crippen LogP contribution in [0.4, 0.5) is 105 Å². The van der Waals surface area contributed by atoms with Gasteiger partial charge < -0.3 is 0 Å². The predicted octanol–water partition coefficient (Wildman–Crippen LogP) is 14.2. The molecule has 0 unspecified atom stereocenters. The van der Waals surface area contributed by atoms with Crippen molar-refractivity contribution in [3.05, 3.63) is 207 Å². The molecule has 0 bridgehead atoms. The Hall–Kier alpha value is -7.19. The summed E-state index contributed by atoms with van der Waals surface area (Å²) in [5, 5.41) is 17.8. The number of hydrogen-bond donors (Lipinski definition) is 0. The zero-order chi connectivity index (χ0) is 62.6. The lowest BCUT2D eigenvalue weighted by molar-refractivity contribution is -0.585. The van der Waals surface area contributed by atoms with Gasteiger partial charge in [0.25, 0.3) is 0 Å². The summed E-state index contributed by atoms with van der Waals surface area (Å²) in [5.41, 5.74) is -26.5.